The van der Waals surface area contributed by atoms with Crippen LogP contribution in [0.25, 0.3) is 0 Å². The minimum atomic E-state index is 0.0775. The summed E-state index contributed by atoms with van der Waals surface area (Å²) in [6.07, 6.45) is 2.35. The summed E-state index contributed by atoms with van der Waals surface area (Å²) in [5, 5.41) is 3.20. The number of rotatable bonds is 7. The highest BCUT2D eigenvalue weighted by molar-refractivity contribution is 4.89. The molecule has 0 aliphatic carbocycles. The van der Waals surface area contributed by atoms with Gasteiger partial charge in [-0.15, -0.1) is 0 Å². The number of hydrogen-bond donors (Lipinski definition) is 1. The van der Waals surface area contributed by atoms with Crippen molar-refractivity contribution in [1.82, 2.24) is 5.32 Å². The molecule has 1 rings (SSSR count). The minimum Gasteiger partial charge on any atom is -0.379 e. The highest BCUT2D eigenvalue weighted by Crippen LogP contribution is 2.14. The van der Waals surface area contributed by atoms with Crippen molar-refractivity contribution in [2.75, 3.05) is 32.9 Å². The molecule has 0 aromatic rings. The third-order valence-electron chi connectivity index (χ3n) is 2.32. The monoisotopic (exact) mass is 187 g/mol. The highest BCUT2D eigenvalue weighted by atomic mass is 16.5. The lowest BCUT2D eigenvalue weighted by molar-refractivity contribution is -0.0847. The van der Waals surface area contributed by atoms with Gasteiger partial charge in [-0.3, -0.25) is 0 Å². The van der Waals surface area contributed by atoms with Crippen LogP contribution in [0.5, 0.6) is 0 Å². The lowest BCUT2D eigenvalue weighted by Gasteiger charge is -2.39. The van der Waals surface area contributed by atoms with Gasteiger partial charge in [-0.1, -0.05) is 13.3 Å². The fraction of sp³-hybridized carbons (Fsp3) is 1.00. The second kappa shape index (κ2) is 5.58. The van der Waals surface area contributed by atoms with Crippen LogP contribution < -0.4 is 5.32 Å². The van der Waals surface area contributed by atoms with Crippen LogP contribution in [0.3, 0.4) is 0 Å². The molecule has 1 heterocycles. The summed E-state index contributed by atoms with van der Waals surface area (Å²) in [6, 6.07) is 0. The zero-order valence-corrected chi connectivity index (χ0v) is 8.77. The van der Waals surface area contributed by atoms with Crippen LogP contribution in [-0.2, 0) is 9.47 Å². The van der Waals surface area contributed by atoms with E-state index in [1.165, 1.54) is 6.42 Å². The van der Waals surface area contributed by atoms with Crippen LogP contribution in [0, 0.1) is 0 Å². The van der Waals surface area contributed by atoms with Crippen molar-refractivity contribution in [1.29, 1.82) is 0 Å². The van der Waals surface area contributed by atoms with Gasteiger partial charge in [0.1, 0.15) is 0 Å². The maximum absolute atomic E-state index is 5.66. The van der Waals surface area contributed by atoms with E-state index in [2.05, 4.69) is 19.2 Å². The summed E-state index contributed by atoms with van der Waals surface area (Å²) >= 11 is 0. The molecule has 1 aliphatic rings. The van der Waals surface area contributed by atoms with Crippen LogP contribution in [0.2, 0.25) is 0 Å². The molecule has 0 atom stereocenters. The summed E-state index contributed by atoms with van der Waals surface area (Å²) < 4.78 is 11.1. The van der Waals surface area contributed by atoms with Gasteiger partial charge in [-0.05, 0) is 13.3 Å². The van der Waals surface area contributed by atoms with E-state index < -0.39 is 0 Å². The van der Waals surface area contributed by atoms with Gasteiger partial charge in [0, 0.05) is 19.7 Å². The molecule has 1 fully saturated rings. The van der Waals surface area contributed by atoms with Gasteiger partial charge in [-0.25, -0.2) is 0 Å². The van der Waals surface area contributed by atoms with Gasteiger partial charge in [0.15, 0.2) is 0 Å². The molecule has 78 valence electrons. The Kier molecular flexibility index (Phi) is 4.70. The van der Waals surface area contributed by atoms with Gasteiger partial charge in [0.05, 0.1) is 18.8 Å². The Labute approximate surface area is 80.8 Å². The molecule has 1 aliphatic heterocycles. The van der Waals surface area contributed by atoms with E-state index in [-0.39, 0.29) is 5.60 Å². The van der Waals surface area contributed by atoms with Crippen molar-refractivity contribution in [3.8, 4) is 0 Å². The number of unbranched alkanes of at least 4 members (excludes halogenated alkanes) is 1. The van der Waals surface area contributed by atoms with Gasteiger partial charge in [-0.2, -0.15) is 0 Å². The molecule has 13 heavy (non-hydrogen) atoms. The van der Waals surface area contributed by atoms with Gasteiger partial charge in [0.25, 0.3) is 0 Å². The molecule has 3 nitrogen and oxygen atoms in total. The predicted molar refractivity (Wildman–Crippen MR) is 53.0 cm³/mol. The first-order valence-corrected chi connectivity index (χ1v) is 5.19. The van der Waals surface area contributed by atoms with Crippen molar-refractivity contribution in [2.45, 2.75) is 32.3 Å². The quantitative estimate of drug-likeness (QED) is 0.607. The molecule has 1 saturated heterocycles. The van der Waals surface area contributed by atoms with Crippen LogP contribution in [-0.4, -0.2) is 38.5 Å². The molecular weight excluding hydrogens is 166 g/mol. The predicted octanol–water partition coefficient (Wildman–Crippen LogP) is 1.18. The summed E-state index contributed by atoms with van der Waals surface area (Å²) in [6.45, 7) is 8.58. The Balaban J connectivity index is 1.83. The molecule has 3 heteroatoms. The second-order valence-electron chi connectivity index (χ2n) is 3.87. The molecular formula is C10H21NO2. The van der Waals surface area contributed by atoms with Crippen molar-refractivity contribution >= 4 is 0 Å². The second-order valence-corrected chi connectivity index (χ2v) is 3.87. The van der Waals surface area contributed by atoms with E-state index >= 15 is 0 Å². The maximum atomic E-state index is 5.66. The lowest BCUT2D eigenvalue weighted by atomic mass is 10.0. The van der Waals surface area contributed by atoms with Crippen molar-refractivity contribution in [2.24, 2.45) is 0 Å². The Morgan fingerprint density at radius 2 is 2.00 bits per heavy atom. The Bertz CT molecular complexity index is 135. The third kappa shape index (κ3) is 4.07. The first-order valence-electron chi connectivity index (χ1n) is 5.19. The van der Waals surface area contributed by atoms with Crippen LogP contribution >= 0.6 is 0 Å². The topological polar surface area (TPSA) is 30.5 Å². The Morgan fingerprint density at radius 1 is 1.23 bits per heavy atom. The van der Waals surface area contributed by atoms with Crippen LogP contribution in [0.15, 0.2) is 0 Å². The first-order chi connectivity index (χ1) is 6.27. The molecule has 0 unspecified atom stereocenters. The standard InChI is InChI=1S/C10H21NO2/c1-3-4-5-12-6-7-13-10(2)8-11-9-10/h11H,3-9H2,1-2H3. The molecule has 0 amide bonds. The molecule has 0 radical (unpaired) electrons. The smallest absolute Gasteiger partial charge is 0.0903 e. The highest BCUT2D eigenvalue weighted by Gasteiger charge is 2.31. The van der Waals surface area contributed by atoms with E-state index in [0.717, 1.165) is 39.3 Å². The fourth-order valence-corrected chi connectivity index (χ4v) is 1.27. The van der Waals surface area contributed by atoms with E-state index in [1.807, 2.05) is 0 Å². The molecule has 0 spiro atoms. The summed E-state index contributed by atoms with van der Waals surface area (Å²) in [5.41, 5.74) is 0.0775. The summed E-state index contributed by atoms with van der Waals surface area (Å²) in [7, 11) is 0. The van der Waals surface area contributed by atoms with E-state index in [0.29, 0.717) is 0 Å². The number of hydrogen-bond acceptors (Lipinski definition) is 3. The normalized spacial score (nSPS) is 19.8. The fourth-order valence-electron chi connectivity index (χ4n) is 1.27. The lowest BCUT2D eigenvalue weighted by Crippen LogP contribution is -2.59. The maximum Gasteiger partial charge on any atom is 0.0903 e. The van der Waals surface area contributed by atoms with Crippen LogP contribution in [0.4, 0.5) is 0 Å². The molecule has 0 saturated carbocycles. The number of nitrogens with one attached hydrogen (secondary N) is 1. The van der Waals surface area contributed by atoms with Crippen molar-refractivity contribution in [3.63, 3.8) is 0 Å². The zero-order valence-electron chi connectivity index (χ0n) is 8.77. The molecule has 0 aromatic carbocycles. The van der Waals surface area contributed by atoms with Gasteiger partial charge in [0.2, 0.25) is 0 Å². The van der Waals surface area contributed by atoms with Crippen molar-refractivity contribution < 1.29 is 9.47 Å². The minimum absolute atomic E-state index is 0.0775. The summed E-state index contributed by atoms with van der Waals surface area (Å²) in [5.74, 6) is 0. The molecule has 0 aromatic heterocycles. The summed E-state index contributed by atoms with van der Waals surface area (Å²) in [4.78, 5) is 0. The van der Waals surface area contributed by atoms with E-state index in [9.17, 15) is 0 Å². The SMILES string of the molecule is CCCCOCCOC1(C)CNC1. The molecule has 0 bridgehead atoms. The molecule has 1 N–H and O–H groups in total. The first kappa shape index (κ1) is 11.0. The van der Waals surface area contributed by atoms with Crippen molar-refractivity contribution in [3.05, 3.63) is 0 Å². The third-order valence-corrected chi connectivity index (χ3v) is 2.32. The van der Waals surface area contributed by atoms with Gasteiger partial charge < -0.3 is 14.8 Å². The Morgan fingerprint density at radius 3 is 2.54 bits per heavy atom. The average Bonchev–Trinajstić information content (AvgIpc) is 2.08. The zero-order chi connectivity index (χ0) is 9.57. The van der Waals surface area contributed by atoms with Gasteiger partial charge >= 0.3 is 0 Å². The van der Waals surface area contributed by atoms with E-state index in [1.54, 1.807) is 0 Å². The largest absolute Gasteiger partial charge is 0.379 e. The average molecular weight is 187 g/mol. The Hall–Kier alpha value is -0.120. The van der Waals surface area contributed by atoms with E-state index in [4.69, 9.17) is 9.47 Å². The number of ether oxygens (including phenoxy) is 2. The van der Waals surface area contributed by atoms with Crippen LogP contribution in [0.1, 0.15) is 26.7 Å².